The van der Waals surface area contributed by atoms with Crippen LogP contribution >= 0.6 is 11.8 Å². The summed E-state index contributed by atoms with van der Waals surface area (Å²) in [5.74, 6) is -0.520. The molecular formula is C19H21NO4S. The molecule has 0 aliphatic rings. The highest BCUT2D eigenvalue weighted by molar-refractivity contribution is 8.00. The Labute approximate surface area is 151 Å². The minimum absolute atomic E-state index is 0.140. The van der Waals surface area contributed by atoms with Gasteiger partial charge in [-0.15, -0.1) is 11.8 Å². The molecule has 1 atom stereocenters. The number of carboxylic acid groups (broad SMARTS) is 1. The quantitative estimate of drug-likeness (QED) is 0.742. The Morgan fingerprint density at radius 1 is 1.12 bits per heavy atom. The summed E-state index contributed by atoms with van der Waals surface area (Å²) >= 11 is 1.34. The van der Waals surface area contributed by atoms with E-state index in [0.29, 0.717) is 5.56 Å². The number of hydrogen-bond donors (Lipinski definition) is 2. The van der Waals surface area contributed by atoms with E-state index in [1.165, 1.54) is 11.8 Å². The highest BCUT2D eigenvalue weighted by atomic mass is 32.2. The molecule has 0 radical (unpaired) electrons. The van der Waals surface area contributed by atoms with Crippen LogP contribution < -0.4 is 10.1 Å². The number of carboxylic acids is 1. The number of nitrogens with one attached hydrogen (secondary N) is 1. The van der Waals surface area contributed by atoms with Gasteiger partial charge in [-0.1, -0.05) is 18.2 Å². The van der Waals surface area contributed by atoms with Gasteiger partial charge in [0.2, 0.25) is 5.91 Å². The first kappa shape index (κ1) is 18.9. The Bertz CT molecular complexity index is 759. The van der Waals surface area contributed by atoms with Gasteiger partial charge in [0, 0.05) is 4.90 Å². The van der Waals surface area contributed by atoms with E-state index in [1.807, 2.05) is 44.2 Å². The van der Waals surface area contributed by atoms with E-state index in [0.717, 1.165) is 21.8 Å². The summed E-state index contributed by atoms with van der Waals surface area (Å²) in [6, 6.07) is 11.7. The Morgan fingerprint density at radius 3 is 2.36 bits per heavy atom. The molecule has 0 aliphatic carbocycles. The van der Waals surface area contributed by atoms with Crippen LogP contribution in [0, 0.1) is 13.8 Å². The molecule has 132 valence electrons. The maximum absolute atomic E-state index is 12.2. The Kier molecular flexibility index (Phi) is 6.47. The molecule has 0 heterocycles. The van der Waals surface area contributed by atoms with Crippen LogP contribution in [0.15, 0.2) is 47.4 Å². The second-order valence-electron chi connectivity index (χ2n) is 5.65. The number of hydrogen-bond acceptors (Lipinski definition) is 4. The summed E-state index contributed by atoms with van der Waals surface area (Å²) in [6.07, 6.45) is 0. The number of aryl methyl sites for hydroxylation is 2. The third-order valence-corrected chi connectivity index (χ3v) is 4.86. The number of amides is 1. The standard InChI is InChI=1S/C19H21NO4S/c1-12-4-5-14(10-13(12)2)18(19(22)23)20-17(21)11-25-16-8-6-15(24-3)7-9-16/h4-10,18H,11H2,1-3H3,(H,20,21)(H,22,23). The predicted octanol–water partition coefficient (Wildman–Crippen LogP) is 3.35. The van der Waals surface area contributed by atoms with Gasteiger partial charge in [0.15, 0.2) is 6.04 Å². The molecule has 0 saturated heterocycles. The second kappa shape index (κ2) is 8.58. The van der Waals surface area contributed by atoms with Crippen molar-refractivity contribution in [3.05, 3.63) is 59.2 Å². The molecule has 0 saturated carbocycles. The number of aliphatic carboxylic acids is 1. The first-order valence-electron chi connectivity index (χ1n) is 7.77. The third kappa shape index (κ3) is 5.26. The van der Waals surface area contributed by atoms with Crippen molar-refractivity contribution < 1.29 is 19.4 Å². The normalized spacial score (nSPS) is 11.6. The van der Waals surface area contributed by atoms with Crippen LogP contribution in [0.5, 0.6) is 5.75 Å². The number of carbonyl (C=O) groups is 2. The van der Waals surface area contributed by atoms with Crippen LogP contribution in [0.2, 0.25) is 0 Å². The summed E-state index contributed by atoms with van der Waals surface area (Å²) in [5, 5.41) is 12.0. The van der Waals surface area contributed by atoms with E-state index in [2.05, 4.69) is 5.32 Å². The van der Waals surface area contributed by atoms with Crippen molar-refractivity contribution in [3.63, 3.8) is 0 Å². The van der Waals surface area contributed by atoms with Gasteiger partial charge in [-0.05, 0) is 54.8 Å². The van der Waals surface area contributed by atoms with E-state index < -0.39 is 12.0 Å². The van der Waals surface area contributed by atoms with Crippen LogP contribution in [0.25, 0.3) is 0 Å². The van der Waals surface area contributed by atoms with E-state index >= 15 is 0 Å². The van der Waals surface area contributed by atoms with Crippen LogP contribution in [0.3, 0.4) is 0 Å². The number of methoxy groups -OCH3 is 1. The molecule has 25 heavy (non-hydrogen) atoms. The molecule has 1 unspecified atom stereocenters. The molecule has 0 aliphatic heterocycles. The summed E-state index contributed by atoms with van der Waals surface area (Å²) in [7, 11) is 1.59. The third-order valence-electron chi connectivity index (χ3n) is 3.85. The topological polar surface area (TPSA) is 75.6 Å². The van der Waals surface area contributed by atoms with Crippen LogP contribution in [-0.2, 0) is 9.59 Å². The Hall–Kier alpha value is -2.47. The van der Waals surface area contributed by atoms with Crippen LogP contribution in [0.4, 0.5) is 0 Å². The zero-order chi connectivity index (χ0) is 18.4. The lowest BCUT2D eigenvalue weighted by atomic mass is 10.0. The van der Waals surface area contributed by atoms with E-state index in [1.54, 1.807) is 19.2 Å². The van der Waals surface area contributed by atoms with E-state index in [4.69, 9.17) is 4.74 Å². The summed E-state index contributed by atoms with van der Waals surface area (Å²) in [4.78, 5) is 24.6. The molecule has 2 rings (SSSR count). The number of benzene rings is 2. The molecule has 2 N–H and O–H groups in total. The number of rotatable bonds is 7. The molecule has 1 amide bonds. The molecule has 0 aromatic heterocycles. The van der Waals surface area contributed by atoms with Gasteiger partial charge in [0.25, 0.3) is 0 Å². The molecular weight excluding hydrogens is 338 g/mol. The van der Waals surface area contributed by atoms with Crippen molar-refractivity contribution in [2.24, 2.45) is 0 Å². The lowest BCUT2D eigenvalue weighted by Gasteiger charge is -2.16. The number of thioether (sulfide) groups is 1. The Morgan fingerprint density at radius 2 is 1.80 bits per heavy atom. The Balaban J connectivity index is 1.99. The smallest absolute Gasteiger partial charge is 0.330 e. The molecule has 5 nitrogen and oxygen atoms in total. The lowest BCUT2D eigenvalue weighted by molar-refractivity contribution is -0.141. The fraction of sp³-hybridized carbons (Fsp3) is 0.263. The lowest BCUT2D eigenvalue weighted by Crippen LogP contribution is -2.34. The van der Waals surface area contributed by atoms with Crippen molar-refractivity contribution in [2.75, 3.05) is 12.9 Å². The fourth-order valence-electron chi connectivity index (χ4n) is 2.26. The van der Waals surface area contributed by atoms with Crippen LogP contribution in [-0.4, -0.2) is 29.8 Å². The van der Waals surface area contributed by atoms with E-state index in [9.17, 15) is 14.7 Å². The molecule has 6 heteroatoms. The fourth-order valence-corrected chi connectivity index (χ4v) is 2.96. The second-order valence-corrected chi connectivity index (χ2v) is 6.70. The molecule has 2 aromatic rings. The van der Waals surface area contributed by atoms with Crippen molar-refractivity contribution in [2.45, 2.75) is 24.8 Å². The van der Waals surface area contributed by atoms with Crippen molar-refractivity contribution in [3.8, 4) is 5.75 Å². The largest absolute Gasteiger partial charge is 0.497 e. The first-order chi connectivity index (χ1) is 11.9. The monoisotopic (exact) mass is 359 g/mol. The van der Waals surface area contributed by atoms with E-state index in [-0.39, 0.29) is 11.7 Å². The van der Waals surface area contributed by atoms with Gasteiger partial charge >= 0.3 is 5.97 Å². The van der Waals surface area contributed by atoms with Gasteiger partial charge in [0.05, 0.1) is 12.9 Å². The number of carbonyl (C=O) groups excluding carboxylic acids is 1. The zero-order valence-corrected chi connectivity index (χ0v) is 15.2. The van der Waals surface area contributed by atoms with Gasteiger partial charge < -0.3 is 15.2 Å². The summed E-state index contributed by atoms with van der Waals surface area (Å²) in [5.41, 5.74) is 2.64. The van der Waals surface area contributed by atoms with Gasteiger partial charge in [-0.25, -0.2) is 4.79 Å². The molecule has 0 spiro atoms. The molecule has 0 fully saturated rings. The van der Waals surface area contributed by atoms with Crippen molar-refractivity contribution >= 4 is 23.6 Å². The SMILES string of the molecule is COc1ccc(SCC(=O)NC(C(=O)O)c2ccc(C)c(C)c2)cc1. The average molecular weight is 359 g/mol. The summed E-state index contributed by atoms with van der Waals surface area (Å²) in [6.45, 7) is 3.87. The van der Waals surface area contributed by atoms with Crippen molar-refractivity contribution in [1.29, 1.82) is 0 Å². The van der Waals surface area contributed by atoms with Gasteiger partial charge in [-0.2, -0.15) is 0 Å². The number of ether oxygens (including phenoxy) is 1. The first-order valence-corrected chi connectivity index (χ1v) is 8.75. The minimum atomic E-state index is -1.08. The highest BCUT2D eigenvalue weighted by Gasteiger charge is 2.22. The average Bonchev–Trinajstić information content (AvgIpc) is 2.60. The van der Waals surface area contributed by atoms with Crippen LogP contribution in [0.1, 0.15) is 22.7 Å². The van der Waals surface area contributed by atoms with Gasteiger partial charge in [-0.3, -0.25) is 4.79 Å². The minimum Gasteiger partial charge on any atom is -0.497 e. The molecule has 2 aromatic carbocycles. The van der Waals surface area contributed by atoms with Crippen molar-refractivity contribution in [1.82, 2.24) is 5.32 Å². The summed E-state index contributed by atoms with van der Waals surface area (Å²) < 4.78 is 5.09. The molecule has 0 bridgehead atoms. The zero-order valence-electron chi connectivity index (χ0n) is 14.4. The predicted molar refractivity (Wildman–Crippen MR) is 98.2 cm³/mol. The van der Waals surface area contributed by atoms with Gasteiger partial charge in [0.1, 0.15) is 5.75 Å². The maximum atomic E-state index is 12.2. The highest BCUT2D eigenvalue weighted by Crippen LogP contribution is 2.22. The maximum Gasteiger partial charge on any atom is 0.330 e.